The van der Waals surface area contributed by atoms with Crippen molar-refractivity contribution in [2.45, 2.75) is 40.2 Å². The van der Waals surface area contributed by atoms with Crippen LogP contribution in [0.2, 0.25) is 0 Å². The van der Waals surface area contributed by atoms with Crippen LogP contribution in [0.25, 0.3) is 0 Å². The predicted molar refractivity (Wildman–Crippen MR) is 102 cm³/mol. The van der Waals surface area contributed by atoms with Gasteiger partial charge in [-0.2, -0.15) is 0 Å². The summed E-state index contributed by atoms with van der Waals surface area (Å²) in [6.45, 7) is 8.90. The summed E-state index contributed by atoms with van der Waals surface area (Å²) >= 11 is 0. The first-order chi connectivity index (χ1) is 11.9. The Labute approximate surface area is 150 Å². The van der Waals surface area contributed by atoms with Gasteiger partial charge in [0.05, 0.1) is 12.7 Å². The van der Waals surface area contributed by atoms with Gasteiger partial charge in [0.15, 0.2) is 0 Å². The molecule has 4 heteroatoms. The standard InChI is InChI=1S/C21H27NO3/c1-15(2)11-12-24-19-9-5-7-17(13-19)21(23)22-18-8-6-10-20(14-18)25-16(3)4/h5-10,13-16H,11-12H2,1-4H3,(H,22,23). The van der Waals surface area contributed by atoms with E-state index in [1.165, 1.54) is 0 Å². The van der Waals surface area contributed by atoms with Gasteiger partial charge >= 0.3 is 0 Å². The first-order valence-corrected chi connectivity index (χ1v) is 8.75. The highest BCUT2D eigenvalue weighted by Gasteiger charge is 2.08. The lowest BCUT2D eigenvalue weighted by Gasteiger charge is -2.12. The molecular formula is C21H27NO3. The van der Waals surface area contributed by atoms with Crippen molar-refractivity contribution in [3.8, 4) is 11.5 Å². The molecule has 0 saturated carbocycles. The van der Waals surface area contributed by atoms with E-state index in [1.807, 2.05) is 50.2 Å². The van der Waals surface area contributed by atoms with E-state index in [1.54, 1.807) is 12.1 Å². The van der Waals surface area contributed by atoms with Crippen molar-refractivity contribution in [2.24, 2.45) is 5.92 Å². The number of ether oxygens (including phenoxy) is 2. The third-order valence-corrected chi connectivity index (χ3v) is 3.52. The number of amides is 1. The molecule has 4 nitrogen and oxygen atoms in total. The smallest absolute Gasteiger partial charge is 0.255 e. The molecule has 0 unspecified atom stereocenters. The summed E-state index contributed by atoms with van der Waals surface area (Å²) in [6, 6.07) is 14.6. The molecule has 2 rings (SSSR count). The van der Waals surface area contributed by atoms with E-state index in [0.29, 0.717) is 29.5 Å². The molecule has 2 aromatic rings. The number of hydrogen-bond acceptors (Lipinski definition) is 3. The van der Waals surface area contributed by atoms with Crippen LogP contribution in [0.1, 0.15) is 44.5 Å². The van der Waals surface area contributed by atoms with E-state index < -0.39 is 0 Å². The van der Waals surface area contributed by atoms with Gasteiger partial charge in [-0.3, -0.25) is 4.79 Å². The summed E-state index contributed by atoms with van der Waals surface area (Å²) in [4.78, 5) is 12.5. The minimum atomic E-state index is -0.170. The SMILES string of the molecule is CC(C)CCOc1cccc(C(=O)Nc2cccc(OC(C)C)c2)c1. The zero-order valence-electron chi connectivity index (χ0n) is 15.4. The molecule has 0 spiro atoms. The van der Waals surface area contributed by atoms with Crippen molar-refractivity contribution in [1.29, 1.82) is 0 Å². The highest BCUT2D eigenvalue weighted by molar-refractivity contribution is 6.04. The van der Waals surface area contributed by atoms with Gasteiger partial charge in [-0.15, -0.1) is 0 Å². The van der Waals surface area contributed by atoms with Crippen molar-refractivity contribution in [1.82, 2.24) is 0 Å². The van der Waals surface area contributed by atoms with Crippen LogP contribution in [0.5, 0.6) is 11.5 Å². The summed E-state index contributed by atoms with van der Waals surface area (Å²) in [5.41, 5.74) is 1.27. The molecule has 1 N–H and O–H groups in total. The lowest BCUT2D eigenvalue weighted by Crippen LogP contribution is -2.12. The van der Waals surface area contributed by atoms with Crippen LogP contribution in [0.15, 0.2) is 48.5 Å². The fraction of sp³-hybridized carbons (Fsp3) is 0.381. The lowest BCUT2D eigenvalue weighted by molar-refractivity contribution is 0.102. The number of rotatable bonds is 8. The maximum absolute atomic E-state index is 12.5. The van der Waals surface area contributed by atoms with Gasteiger partial charge in [0.2, 0.25) is 0 Å². The van der Waals surface area contributed by atoms with Gasteiger partial charge in [-0.1, -0.05) is 26.0 Å². The molecule has 25 heavy (non-hydrogen) atoms. The number of benzene rings is 2. The quantitative estimate of drug-likeness (QED) is 0.722. The van der Waals surface area contributed by atoms with E-state index in [2.05, 4.69) is 19.2 Å². The Balaban J connectivity index is 2.01. The molecule has 0 saturated heterocycles. The topological polar surface area (TPSA) is 47.6 Å². The monoisotopic (exact) mass is 341 g/mol. The van der Waals surface area contributed by atoms with E-state index in [-0.39, 0.29) is 12.0 Å². The normalized spacial score (nSPS) is 10.8. The number of nitrogens with one attached hydrogen (secondary N) is 1. The molecule has 0 atom stereocenters. The fourth-order valence-corrected chi connectivity index (χ4v) is 2.26. The van der Waals surface area contributed by atoms with Crippen molar-refractivity contribution < 1.29 is 14.3 Å². The minimum Gasteiger partial charge on any atom is -0.494 e. The molecule has 0 fully saturated rings. The highest BCUT2D eigenvalue weighted by Crippen LogP contribution is 2.20. The van der Waals surface area contributed by atoms with E-state index >= 15 is 0 Å². The number of carbonyl (C=O) groups is 1. The number of carbonyl (C=O) groups excluding carboxylic acids is 1. The van der Waals surface area contributed by atoms with Crippen molar-refractivity contribution in [3.05, 3.63) is 54.1 Å². The van der Waals surface area contributed by atoms with Gasteiger partial charge in [-0.05, 0) is 56.5 Å². The van der Waals surface area contributed by atoms with Crippen LogP contribution < -0.4 is 14.8 Å². The maximum atomic E-state index is 12.5. The Hall–Kier alpha value is -2.49. The predicted octanol–water partition coefficient (Wildman–Crippen LogP) is 5.15. The molecule has 0 aromatic heterocycles. The van der Waals surface area contributed by atoms with Crippen LogP contribution in [-0.2, 0) is 0 Å². The molecule has 0 aliphatic rings. The Kier molecular flexibility index (Phi) is 6.87. The molecule has 0 bridgehead atoms. The average Bonchev–Trinajstić information content (AvgIpc) is 2.54. The summed E-state index contributed by atoms with van der Waals surface area (Å²) in [5.74, 6) is 1.87. The van der Waals surface area contributed by atoms with E-state index in [9.17, 15) is 4.79 Å². The van der Waals surface area contributed by atoms with E-state index in [4.69, 9.17) is 9.47 Å². The molecule has 0 aliphatic heterocycles. The third-order valence-electron chi connectivity index (χ3n) is 3.52. The Bertz CT molecular complexity index is 695. The molecular weight excluding hydrogens is 314 g/mol. The molecule has 0 radical (unpaired) electrons. The van der Waals surface area contributed by atoms with Crippen LogP contribution >= 0.6 is 0 Å². The van der Waals surface area contributed by atoms with Crippen LogP contribution in [-0.4, -0.2) is 18.6 Å². The average molecular weight is 341 g/mol. The van der Waals surface area contributed by atoms with Crippen LogP contribution in [0.4, 0.5) is 5.69 Å². The summed E-state index contributed by atoms with van der Waals surface area (Å²) in [5, 5.41) is 2.90. The zero-order valence-corrected chi connectivity index (χ0v) is 15.4. The lowest BCUT2D eigenvalue weighted by atomic mass is 10.1. The van der Waals surface area contributed by atoms with Crippen LogP contribution in [0.3, 0.4) is 0 Å². The largest absolute Gasteiger partial charge is 0.494 e. The Morgan fingerprint density at radius 3 is 2.44 bits per heavy atom. The second-order valence-corrected chi connectivity index (χ2v) is 6.71. The van der Waals surface area contributed by atoms with Gasteiger partial charge in [0.1, 0.15) is 11.5 Å². The molecule has 2 aromatic carbocycles. The van der Waals surface area contributed by atoms with E-state index in [0.717, 1.165) is 12.2 Å². The first kappa shape index (κ1) is 18.8. The maximum Gasteiger partial charge on any atom is 0.255 e. The Morgan fingerprint density at radius 1 is 1.00 bits per heavy atom. The van der Waals surface area contributed by atoms with Gasteiger partial charge in [0, 0.05) is 17.3 Å². The summed E-state index contributed by atoms with van der Waals surface area (Å²) in [6.07, 6.45) is 1.07. The first-order valence-electron chi connectivity index (χ1n) is 8.75. The molecule has 0 aliphatic carbocycles. The summed E-state index contributed by atoms with van der Waals surface area (Å²) < 4.78 is 11.4. The highest BCUT2D eigenvalue weighted by atomic mass is 16.5. The number of hydrogen-bond donors (Lipinski definition) is 1. The molecule has 1 amide bonds. The fourth-order valence-electron chi connectivity index (χ4n) is 2.26. The Morgan fingerprint density at radius 2 is 1.72 bits per heavy atom. The van der Waals surface area contributed by atoms with Gasteiger partial charge in [-0.25, -0.2) is 0 Å². The second kappa shape index (κ2) is 9.11. The number of anilines is 1. The van der Waals surface area contributed by atoms with Crippen molar-refractivity contribution in [2.75, 3.05) is 11.9 Å². The van der Waals surface area contributed by atoms with Gasteiger partial charge < -0.3 is 14.8 Å². The molecule has 134 valence electrons. The zero-order chi connectivity index (χ0) is 18.2. The van der Waals surface area contributed by atoms with Crippen molar-refractivity contribution >= 4 is 11.6 Å². The van der Waals surface area contributed by atoms with Crippen molar-refractivity contribution in [3.63, 3.8) is 0 Å². The minimum absolute atomic E-state index is 0.0885. The summed E-state index contributed by atoms with van der Waals surface area (Å²) in [7, 11) is 0. The van der Waals surface area contributed by atoms with Crippen LogP contribution in [0, 0.1) is 5.92 Å². The second-order valence-electron chi connectivity index (χ2n) is 6.71. The third kappa shape index (κ3) is 6.49. The molecule has 0 heterocycles. The van der Waals surface area contributed by atoms with Gasteiger partial charge in [0.25, 0.3) is 5.91 Å².